The molecule has 1 N–H and O–H groups in total. The van der Waals surface area contributed by atoms with Crippen LogP contribution in [0.2, 0.25) is 0 Å². The molecule has 0 radical (unpaired) electrons. The van der Waals surface area contributed by atoms with E-state index in [-0.39, 0.29) is 5.69 Å². The zero-order chi connectivity index (χ0) is 12.0. The van der Waals surface area contributed by atoms with Gasteiger partial charge in [0, 0.05) is 13.1 Å². The van der Waals surface area contributed by atoms with Crippen LogP contribution >= 0.6 is 0 Å². The Kier molecular flexibility index (Phi) is 4.59. The molecule has 0 fully saturated rings. The van der Waals surface area contributed by atoms with Crippen molar-refractivity contribution in [1.82, 2.24) is 14.9 Å². The van der Waals surface area contributed by atoms with Gasteiger partial charge in [0.05, 0.1) is 4.92 Å². The number of anilines is 1. The number of aromatic nitrogens is 2. The van der Waals surface area contributed by atoms with Crippen LogP contribution in [0.1, 0.15) is 6.92 Å². The number of nitro groups is 1. The van der Waals surface area contributed by atoms with E-state index in [4.69, 9.17) is 0 Å². The Labute approximate surface area is 93.7 Å². The van der Waals surface area contributed by atoms with Gasteiger partial charge in [-0.25, -0.2) is 9.97 Å². The number of hydrogen-bond acceptors (Lipinski definition) is 6. The van der Waals surface area contributed by atoms with E-state index in [1.54, 1.807) is 0 Å². The lowest BCUT2D eigenvalue weighted by atomic mass is 10.5. The zero-order valence-corrected chi connectivity index (χ0v) is 9.38. The minimum atomic E-state index is -0.519. The predicted octanol–water partition coefficient (Wildman–Crippen LogP) is 0.748. The zero-order valence-electron chi connectivity index (χ0n) is 9.38. The molecule has 0 aliphatic heterocycles. The molecule has 0 aromatic carbocycles. The summed E-state index contributed by atoms with van der Waals surface area (Å²) in [6, 6.07) is 0. The van der Waals surface area contributed by atoms with Crippen molar-refractivity contribution >= 4 is 11.6 Å². The molecular formula is C9H15N5O2. The van der Waals surface area contributed by atoms with Gasteiger partial charge in [-0.05, 0) is 13.6 Å². The summed E-state index contributed by atoms with van der Waals surface area (Å²) in [5, 5.41) is 13.3. The molecule has 7 nitrogen and oxygen atoms in total. The third-order valence-electron chi connectivity index (χ3n) is 2.17. The SMILES string of the molecule is CCN(C)CCNc1ncc([N+](=O)[O-])cn1. The van der Waals surface area contributed by atoms with Crippen molar-refractivity contribution in [2.45, 2.75) is 6.92 Å². The third-order valence-corrected chi connectivity index (χ3v) is 2.17. The minimum Gasteiger partial charge on any atom is -0.353 e. The fraction of sp³-hybridized carbons (Fsp3) is 0.556. The molecule has 16 heavy (non-hydrogen) atoms. The van der Waals surface area contributed by atoms with Gasteiger partial charge >= 0.3 is 5.69 Å². The van der Waals surface area contributed by atoms with Gasteiger partial charge in [-0.1, -0.05) is 6.92 Å². The van der Waals surface area contributed by atoms with Crippen LogP contribution in [0.5, 0.6) is 0 Å². The van der Waals surface area contributed by atoms with Gasteiger partial charge in [0.2, 0.25) is 5.95 Å². The summed E-state index contributed by atoms with van der Waals surface area (Å²) in [5.41, 5.74) is -0.101. The van der Waals surface area contributed by atoms with E-state index in [1.165, 1.54) is 12.4 Å². The molecule has 7 heteroatoms. The van der Waals surface area contributed by atoms with Crippen molar-refractivity contribution in [3.8, 4) is 0 Å². The maximum Gasteiger partial charge on any atom is 0.305 e. The molecule has 0 spiro atoms. The Hall–Kier alpha value is -1.76. The molecule has 0 aliphatic carbocycles. The van der Waals surface area contributed by atoms with Gasteiger partial charge in [0.15, 0.2) is 0 Å². The van der Waals surface area contributed by atoms with Crippen molar-refractivity contribution in [2.75, 3.05) is 32.0 Å². The lowest BCUT2D eigenvalue weighted by molar-refractivity contribution is -0.385. The van der Waals surface area contributed by atoms with Gasteiger partial charge in [0.25, 0.3) is 0 Å². The van der Waals surface area contributed by atoms with Crippen molar-refractivity contribution < 1.29 is 4.92 Å². The van der Waals surface area contributed by atoms with E-state index in [2.05, 4.69) is 27.1 Å². The number of nitrogens with one attached hydrogen (secondary N) is 1. The molecule has 1 aromatic rings. The summed E-state index contributed by atoms with van der Waals surface area (Å²) in [6.07, 6.45) is 2.39. The summed E-state index contributed by atoms with van der Waals surface area (Å²) in [4.78, 5) is 19.7. The molecule has 88 valence electrons. The fourth-order valence-corrected chi connectivity index (χ4v) is 1.02. The van der Waals surface area contributed by atoms with Gasteiger partial charge in [0.1, 0.15) is 12.4 Å². The van der Waals surface area contributed by atoms with Crippen LogP contribution in [0, 0.1) is 10.1 Å². The Morgan fingerprint density at radius 3 is 2.62 bits per heavy atom. The topological polar surface area (TPSA) is 84.2 Å². The summed E-state index contributed by atoms with van der Waals surface area (Å²) >= 11 is 0. The van der Waals surface area contributed by atoms with Crippen molar-refractivity contribution in [2.24, 2.45) is 0 Å². The first-order valence-electron chi connectivity index (χ1n) is 5.02. The third kappa shape index (κ3) is 3.77. The molecule has 1 heterocycles. The average molecular weight is 225 g/mol. The predicted molar refractivity (Wildman–Crippen MR) is 60.3 cm³/mol. The lowest BCUT2D eigenvalue weighted by Crippen LogP contribution is -2.25. The van der Waals surface area contributed by atoms with Gasteiger partial charge in [-0.3, -0.25) is 10.1 Å². The van der Waals surface area contributed by atoms with Crippen LogP contribution in [-0.2, 0) is 0 Å². The van der Waals surface area contributed by atoms with E-state index in [9.17, 15) is 10.1 Å². The molecule has 0 unspecified atom stereocenters. The van der Waals surface area contributed by atoms with Crippen molar-refractivity contribution in [3.63, 3.8) is 0 Å². The molecular weight excluding hydrogens is 210 g/mol. The van der Waals surface area contributed by atoms with E-state index in [1.807, 2.05) is 7.05 Å². The molecule has 1 rings (SSSR count). The van der Waals surface area contributed by atoms with Crippen LogP contribution in [-0.4, -0.2) is 46.5 Å². The highest BCUT2D eigenvalue weighted by atomic mass is 16.6. The average Bonchev–Trinajstić information content (AvgIpc) is 2.29. The normalized spacial score (nSPS) is 10.4. The maximum atomic E-state index is 10.4. The van der Waals surface area contributed by atoms with Crippen LogP contribution in [0.4, 0.5) is 11.6 Å². The van der Waals surface area contributed by atoms with Crippen LogP contribution in [0.25, 0.3) is 0 Å². The molecule has 0 bridgehead atoms. The van der Waals surface area contributed by atoms with Gasteiger partial charge < -0.3 is 10.2 Å². The quantitative estimate of drug-likeness (QED) is 0.568. The second-order valence-electron chi connectivity index (χ2n) is 3.34. The largest absolute Gasteiger partial charge is 0.353 e. The number of nitrogens with zero attached hydrogens (tertiary/aromatic N) is 4. The van der Waals surface area contributed by atoms with E-state index in [0.29, 0.717) is 12.5 Å². The van der Waals surface area contributed by atoms with E-state index < -0.39 is 4.92 Å². The standard InChI is InChI=1S/C9H15N5O2/c1-3-13(2)5-4-10-9-11-6-8(7-12-9)14(15)16/h6-7H,3-5H2,1-2H3,(H,10,11,12). The number of hydrogen-bond donors (Lipinski definition) is 1. The van der Waals surface area contributed by atoms with Crippen molar-refractivity contribution in [1.29, 1.82) is 0 Å². The van der Waals surface area contributed by atoms with Crippen LogP contribution in [0.15, 0.2) is 12.4 Å². The molecule has 0 saturated carbocycles. The highest BCUT2D eigenvalue weighted by Gasteiger charge is 2.05. The minimum absolute atomic E-state index is 0.101. The summed E-state index contributed by atoms with van der Waals surface area (Å²) < 4.78 is 0. The first-order valence-corrected chi connectivity index (χ1v) is 5.02. The monoisotopic (exact) mass is 225 g/mol. The van der Waals surface area contributed by atoms with Crippen LogP contribution in [0.3, 0.4) is 0 Å². The molecule has 0 atom stereocenters. The summed E-state index contributed by atoms with van der Waals surface area (Å²) in [5.74, 6) is 0.412. The second-order valence-corrected chi connectivity index (χ2v) is 3.34. The second kappa shape index (κ2) is 5.96. The Balaban J connectivity index is 2.40. The van der Waals surface area contributed by atoms with Gasteiger partial charge in [-0.15, -0.1) is 0 Å². The Bertz CT molecular complexity index is 340. The summed E-state index contributed by atoms with van der Waals surface area (Å²) in [6.45, 7) is 4.63. The first-order chi connectivity index (χ1) is 7.63. The Morgan fingerprint density at radius 2 is 2.12 bits per heavy atom. The van der Waals surface area contributed by atoms with Crippen LogP contribution < -0.4 is 5.32 Å². The number of rotatable bonds is 6. The van der Waals surface area contributed by atoms with Gasteiger partial charge in [-0.2, -0.15) is 0 Å². The highest BCUT2D eigenvalue weighted by molar-refractivity contribution is 5.30. The lowest BCUT2D eigenvalue weighted by Gasteiger charge is -2.13. The van der Waals surface area contributed by atoms with E-state index in [0.717, 1.165) is 13.1 Å². The molecule has 0 aliphatic rings. The smallest absolute Gasteiger partial charge is 0.305 e. The molecule has 0 saturated heterocycles. The number of likely N-dealkylation sites (N-methyl/N-ethyl adjacent to an activating group) is 1. The first kappa shape index (κ1) is 12.3. The summed E-state index contributed by atoms with van der Waals surface area (Å²) in [7, 11) is 2.01. The Morgan fingerprint density at radius 1 is 1.50 bits per heavy atom. The highest BCUT2D eigenvalue weighted by Crippen LogP contribution is 2.07. The molecule has 0 amide bonds. The molecule has 1 aromatic heterocycles. The maximum absolute atomic E-state index is 10.4. The van der Waals surface area contributed by atoms with E-state index >= 15 is 0 Å². The fourth-order valence-electron chi connectivity index (χ4n) is 1.02. The van der Waals surface area contributed by atoms with Crippen molar-refractivity contribution in [3.05, 3.63) is 22.5 Å².